The number of sulfonamides is 1. The van der Waals surface area contributed by atoms with E-state index in [1.54, 1.807) is 11.3 Å². The maximum atomic E-state index is 13.1. The number of Topliss-reactive ketones (excluding diaryl/α,β-unsaturated/α-hetero) is 1. The van der Waals surface area contributed by atoms with E-state index >= 15 is 0 Å². The van der Waals surface area contributed by atoms with E-state index in [2.05, 4.69) is 37.6 Å². The van der Waals surface area contributed by atoms with E-state index in [9.17, 15) is 13.2 Å². The zero-order chi connectivity index (χ0) is 23.4. The Morgan fingerprint density at radius 3 is 2.50 bits per heavy atom. The van der Waals surface area contributed by atoms with E-state index in [0.29, 0.717) is 24.2 Å². The lowest BCUT2D eigenvalue weighted by Crippen LogP contribution is -2.27. The third-order valence-corrected chi connectivity index (χ3v) is 9.08. The van der Waals surface area contributed by atoms with Crippen molar-refractivity contribution in [3.05, 3.63) is 49.7 Å². The van der Waals surface area contributed by atoms with E-state index in [-0.39, 0.29) is 18.9 Å². The molecule has 2 aromatic rings. The SMILES string of the molecule is Cc1cc(CCC(=O)c2sc(C)c3c2C[C@@H]2[C@H]3C2(C)C)cc(C)c1OCCNS(C)(=O)=O. The second-order valence-corrected chi connectivity index (χ2v) is 13.0. The molecule has 2 aliphatic carbocycles. The molecule has 0 saturated heterocycles. The third-order valence-electron chi connectivity index (χ3n) is 7.15. The molecule has 1 saturated carbocycles. The number of thiophene rings is 1. The Morgan fingerprint density at radius 2 is 1.88 bits per heavy atom. The van der Waals surface area contributed by atoms with Crippen molar-refractivity contribution < 1.29 is 17.9 Å². The number of carbonyl (C=O) groups excluding carboxylic acids is 1. The summed E-state index contributed by atoms with van der Waals surface area (Å²) in [4.78, 5) is 15.4. The molecule has 0 spiro atoms. The number of hydrogen-bond donors (Lipinski definition) is 1. The van der Waals surface area contributed by atoms with Crippen molar-refractivity contribution in [1.82, 2.24) is 4.72 Å². The topological polar surface area (TPSA) is 72.5 Å². The molecule has 1 N–H and O–H groups in total. The van der Waals surface area contributed by atoms with Crippen molar-refractivity contribution in [1.29, 1.82) is 0 Å². The molecule has 7 heteroatoms. The molecule has 1 fully saturated rings. The molecule has 0 aliphatic heterocycles. The second-order valence-electron chi connectivity index (χ2n) is 9.99. The maximum absolute atomic E-state index is 13.1. The minimum absolute atomic E-state index is 0.234. The molecule has 0 amide bonds. The summed E-state index contributed by atoms with van der Waals surface area (Å²) in [7, 11) is -3.21. The Kier molecular flexibility index (Phi) is 6.06. The Hall–Kier alpha value is -1.70. The minimum Gasteiger partial charge on any atom is -0.492 e. The highest BCUT2D eigenvalue weighted by molar-refractivity contribution is 7.88. The summed E-state index contributed by atoms with van der Waals surface area (Å²) in [5, 5.41) is 0. The molecular weight excluding hydrogens is 442 g/mol. The van der Waals surface area contributed by atoms with E-state index < -0.39 is 10.0 Å². The number of aryl methyl sites for hydroxylation is 4. The molecule has 2 aliphatic rings. The van der Waals surface area contributed by atoms with Crippen LogP contribution >= 0.6 is 11.3 Å². The van der Waals surface area contributed by atoms with Crippen LogP contribution in [0.25, 0.3) is 0 Å². The normalized spacial score (nSPS) is 20.7. The Bertz CT molecular complexity index is 1150. The third kappa shape index (κ3) is 4.39. The highest BCUT2D eigenvalue weighted by atomic mass is 32.2. The first-order chi connectivity index (χ1) is 14.9. The molecule has 5 nitrogen and oxygen atoms in total. The van der Waals surface area contributed by atoms with Crippen LogP contribution < -0.4 is 9.46 Å². The first-order valence-electron chi connectivity index (χ1n) is 11.2. The summed E-state index contributed by atoms with van der Waals surface area (Å²) in [6, 6.07) is 4.14. The minimum atomic E-state index is -3.21. The van der Waals surface area contributed by atoms with Gasteiger partial charge in [0.05, 0.1) is 11.1 Å². The molecule has 1 heterocycles. The Morgan fingerprint density at radius 1 is 1.22 bits per heavy atom. The summed E-state index contributed by atoms with van der Waals surface area (Å²) in [5.41, 5.74) is 6.35. The summed E-state index contributed by atoms with van der Waals surface area (Å²) in [6.07, 6.45) is 3.43. The standard InChI is InChI=1S/C25H33NO4S2/c1-14-11-17(12-15(2)23(14)30-10-9-26-32(6,28)29)7-8-20(27)24-18-13-19-22(25(19,4)5)21(18)16(3)31-24/h11-12,19,22,26H,7-10,13H2,1-6H3/t19-,22-/m1/s1. The van der Waals surface area contributed by atoms with Gasteiger partial charge in [-0.05, 0) is 78.7 Å². The van der Waals surface area contributed by atoms with Crippen molar-refractivity contribution in [2.75, 3.05) is 19.4 Å². The predicted molar refractivity (Wildman–Crippen MR) is 130 cm³/mol. The lowest BCUT2D eigenvalue weighted by atomic mass is 9.93. The quantitative estimate of drug-likeness (QED) is 0.421. The van der Waals surface area contributed by atoms with Gasteiger partial charge >= 0.3 is 0 Å². The van der Waals surface area contributed by atoms with Gasteiger partial charge in [0.25, 0.3) is 0 Å². The molecule has 1 aromatic carbocycles. The van der Waals surface area contributed by atoms with Crippen LogP contribution in [0.15, 0.2) is 12.1 Å². The van der Waals surface area contributed by atoms with Crippen LogP contribution in [-0.2, 0) is 22.9 Å². The van der Waals surface area contributed by atoms with Gasteiger partial charge in [0.1, 0.15) is 12.4 Å². The zero-order valence-electron chi connectivity index (χ0n) is 19.8. The van der Waals surface area contributed by atoms with Crippen molar-refractivity contribution in [2.24, 2.45) is 11.3 Å². The number of carbonyl (C=O) groups is 1. The van der Waals surface area contributed by atoms with Crippen LogP contribution in [-0.4, -0.2) is 33.6 Å². The fourth-order valence-electron chi connectivity index (χ4n) is 5.52. The van der Waals surface area contributed by atoms with Gasteiger partial charge in [-0.3, -0.25) is 4.79 Å². The van der Waals surface area contributed by atoms with Crippen LogP contribution in [0, 0.1) is 32.1 Å². The highest BCUT2D eigenvalue weighted by Gasteiger charge is 2.63. The number of ketones is 1. The molecule has 0 radical (unpaired) electrons. The number of rotatable bonds is 9. The lowest BCUT2D eigenvalue weighted by Gasteiger charge is -2.14. The van der Waals surface area contributed by atoms with E-state index in [1.165, 1.54) is 16.0 Å². The maximum Gasteiger partial charge on any atom is 0.208 e. The van der Waals surface area contributed by atoms with E-state index in [0.717, 1.165) is 45.9 Å². The largest absolute Gasteiger partial charge is 0.492 e. The summed E-state index contributed by atoms with van der Waals surface area (Å²) < 4.78 is 30.6. The van der Waals surface area contributed by atoms with Crippen LogP contribution in [0.3, 0.4) is 0 Å². The van der Waals surface area contributed by atoms with Crippen molar-refractivity contribution in [2.45, 2.75) is 59.8 Å². The van der Waals surface area contributed by atoms with Crippen LogP contribution in [0.4, 0.5) is 0 Å². The van der Waals surface area contributed by atoms with Gasteiger partial charge in [-0.2, -0.15) is 0 Å². The van der Waals surface area contributed by atoms with Gasteiger partial charge in [-0.1, -0.05) is 26.0 Å². The lowest BCUT2D eigenvalue weighted by molar-refractivity contribution is 0.0985. The van der Waals surface area contributed by atoms with Crippen LogP contribution in [0.2, 0.25) is 0 Å². The van der Waals surface area contributed by atoms with E-state index in [4.69, 9.17) is 4.74 Å². The summed E-state index contributed by atoms with van der Waals surface area (Å²) >= 11 is 1.69. The molecule has 32 heavy (non-hydrogen) atoms. The molecule has 174 valence electrons. The number of fused-ring (bicyclic) bond motifs is 3. The average molecular weight is 476 g/mol. The zero-order valence-corrected chi connectivity index (χ0v) is 21.4. The van der Waals surface area contributed by atoms with Gasteiger partial charge in [-0.15, -0.1) is 11.3 Å². The molecule has 0 unspecified atom stereocenters. The molecule has 1 aromatic heterocycles. The number of hydrogen-bond acceptors (Lipinski definition) is 5. The smallest absolute Gasteiger partial charge is 0.208 e. The van der Waals surface area contributed by atoms with Gasteiger partial charge in [0.2, 0.25) is 10.0 Å². The highest BCUT2D eigenvalue weighted by Crippen LogP contribution is 2.71. The summed E-state index contributed by atoms with van der Waals surface area (Å²) in [5.74, 6) is 2.42. The van der Waals surface area contributed by atoms with Gasteiger partial charge in [-0.25, -0.2) is 13.1 Å². The van der Waals surface area contributed by atoms with Crippen LogP contribution in [0.1, 0.15) is 68.6 Å². The first-order valence-corrected chi connectivity index (χ1v) is 13.9. The number of benzene rings is 1. The van der Waals surface area contributed by atoms with Crippen LogP contribution in [0.5, 0.6) is 5.75 Å². The molecule has 2 atom stereocenters. The predicted octanol–water partition coefficient (Wildman–Crippen LogP) is 4.71. The van der Waals surface area contributed by atoms with Gasteiger partial charge < -0.3 is 4.74 Å². The Labute approximate surface area is 195 Å². The van der Waals surface area contributed by atoms with E-state index in [1.807, 2.05) is 13.8 Å². The van der Waals surface area contributed by atoms with Crippen molar-refractivity contribution in [3.8, 4) is 5.75 Å². The average Bonchev–Trinajstić information content (AvgIpc) is 3.00. The van der Waals surface area contributed by atoms with Crippen molar-refractivity contribution >= 4 is 27.1 Å². The fourth-order valence-corrected chi connectivity index (χ4v) is 7.17. The molecule has 0 bridgehead atoms. The van der Waals surface area contributed by atoms with Gasteiger partial charge in [0, 0.05) is 17.8 Å². The monoisotopic (exact) mass is 475 g/mol. The number of nitrogens with one attached hydrogen (secondary N) is 1. The first kappa shape index (κ1) is 23.5. The molecular formula is C25H33NO4S2. The summed E-state index contributed by atoms with van der Waals surface area (Å²) in [6.45, 7) is 11.4. The Balaban J connectivity index is 1.38. The van der Waals surface area contributed by atoms with Crippen molar-refractivity contribution in [3.63, 3.8) is 0 Å². The molecule has 4 rings (SSSR count). The van der Waals surface area contributed by atoms with Gasteiger partial charge in [0.15, 0.2) is 5.78 Å². The number of ether oxygens (including phenoxy) is 1. The fraction of sp³-hybridized carbons (Fsp3) is 0.560. The second kappa shape index (κ2) is 8.26.